The first kappa shape index (κ1) is 18.2. The molecule has 2 aromatic rings. The van der Waals surface area contributed by atoms with Gasteiger partial charge in [0.1, 0.15) is 17.5 Å². The Labute approximate surface area is 163 Å². The third kappa shape index (κ3) is 3.89. The van der Waals surface area contributed by atoms with E-state index in [0.717, 1.165) is 25.2 Å². The minimum Gasteiger partial charge on any atom is -0.377 e. The van der Waals surface area contributed by atoms with Crippen molar-refractivity contribution < 1.29 is 9.53 Å². The van der Waals surface area contributed by atoms with Crippen LogP contribution in [0.5, 0.6) is 0 Å². The maximum Gasteiger partial charge on any atom is 0.208 e. The van der Waals surface area contributed by atoms with Gasteiger partial charge in [0.05, 0.1) is 31.0 Å². The molecule has 8 heteroatoms. The fourth-order valence-corrected chi connectivity index (χ4v) is 3.13. The second kappa shape index (κ2) is 7.82. The summed E-state index contributed by atoms with van der Waals surface area (Å²) in [7, 11) is 0. The molecule has 3 N–H and O–H groups in total. The largest absolute Gasteiger partial charge is 0.377 e. The lowest BCUT2D eigenvalue weighted by Gasteiger charge is -2.34. The molecule has 4 rings (SSSR count). The lowest BCUT2D eigenvalue weighted by molar-refractivity contribution is -0.114. The van der Waals surface area contributed by atoms with E-state index in [1.54, 1.807) is 12.3 Å². The van der Waals surface area contributed by atoms with Gasteiger partial charge in [0, 0.05) is 30.3 Å². The van der Waals surface area contributed by atoms with Crippen LogP contribution in [-0.4, -0.2) is 53.0 Å². The van der Waals surface area contributed by atoms with E-state index >= 15 is 0 Å². The van der Waals surface area contributed by atoms with Gasteiger partial charge in [0.2, 0.25) is 5.78 Å². The molecule has 1 atom stereocenters. The molecule has 0 unspecified atom stereocenters. The van der Waals surface area contributed by atoms with E-state index in [0.29, 0.717) is 36.0 Å². The molecule has 28 heavy (non-hydrogen) atoms. The van der Waals surface area contributed by atoms with Crippen molar-refractivity contribution in [3.63, 3.8) is 0 Å². The van der Waals surface area contributed by atoms with Gasteiger partial charge in [-0.3, -0.25) is 9.89 Å². The van der Waals surface area contributed by atoms with Gasteiger partial charge in [-0.2, -0.15) is 5.10 Å². The Bertz CT molecular complexity index is 940. The molecular weight excluding hydrogens is 356 g/mol. The van der Waals surface area contributed by atoms with Crippen molar-refractivity contribution in [3.05, 3.63) is 29.5 Å². The molecule has 0 bridgehead atoms. The van der Waals surface area contributed by atoms with Crippen molar-refractivity contribution in [1.82, 2.24) is 15.2 Å². The summed E-state index contributed by atoms with van der Waals surface area (Å²) in [6.45, 7) is 4.05. The fourth-order valence-electron chi connectivity index (χ4n) is 3.13. The molecule has 2 aliphatic rings. The molecule has 3 heterocycles. The predicted octanol–water partition coefficient (Wildman–Crippen LogP) is 2.10. The number of hydrogen-bond donors (Lipinski definition) is 3. The minimum atomic E-state index is -0.0305. The van der Waals surface area contributed by atoms with Gasteiger partial charge in [0.25, 0.3) is 0 Å². The number of pyridine rings is 1. The van der Waals surface area contributed by atoms with Crippen molar-refractivity contribution in [2.24, 2.45) is 5.92 Å². The average molecular weight is 378 g/mol. The number of rotatable bonds is 5. The van der Waals surface area contributed by atoms with Gasteiger partial charge in [0.15, 0.2) is 0 Å². The fraction of sp³-hybridized carbons (Fsp3) is 0.400. The Morgan fingerprint density at radius 3 is 3.04 bits per heavy atom. The summed E-state index contributed by atoms with van der Waals surface area (Å²) in [6.07, 6.45) is 4.69. The van der Waals surface area contributed by atoms with Crippen LogP contribution < -0.4 is 10.2 Å². The predicted molar refractivity (Wildman–Crippen MR) is 106 cm³/mol. The highest BCUT2D eigenvalue weighted by Crippen LogP contribution is 2.30. The second-order valence-corrected chi connectivity index (χ2v) is 7.04. The average Bonchev–Trinajstić information content (AvgIpc) is 3.43. The summed E-state index contributed by atoms with van der Waals surface area (Å²) in [6, 6.07) is 3.80. The Hall–Kier alpha value is -3.18. The van der Waals surface area contributed by atoms with Crippen molar-refractivity contribution in [2.45, 2.75) is 25.8 Å². The van der Waals surface area contributed by atoms with Crippen LogP contribution >= 0.6 is 0 Å². The van der Waals surface area contributed by atoms with Crippen molar-refractivity contribution >= 4 is 29.5 Å². The summed E-state index contributed by atoms with van der Waals surface area (Å²) in [5.41, 5.74) is 1.14. The first-order valence-corrected chi connectivity index (χ1v) is 9.38. The number of hydrogen-bond acceptors (Lipinski definition) is 7. The third-order valence-electron chi connectivity index (χ3n) is 4.87. The van der Waals surface area contributed by atoms with Gasteiger partial charge in [-0.05, 0) is 31.8 Å². The highest BCUT2D eigenvalue weighted by Gasteiger charge is 2.28. The van der Waals surface area contributed by atoms with E-state index in [1.165, 1.54) is 6.21 Å². The monoisotopic (exact) mass is 378 g/mol. The molecule has 144 valence electrons. The van der Waals surface area contributed by atoms with Gasteiger partial charge < -0.3 is 20.4 Å². The first-order valence-electron chi connectivity index (χ1n) is 9.38. The highest BCUT2D eigenvalue weighted by atomic mass is 16.5. The lowest BCUT2D eigenvalue weighted by atomic mass is 10.1. The van der Waals surface area contributed by atoms with E-state index in [1.807, 2.05) is 6.07 Å². The van der Waals surface area contributed by atoms with E-state index in [4.69, 9.17) is 15.1 Å². The molecule has 0 aromatic carbocycles. The number of carbonyl (C=O) groups is 1. The van der Waals surface area contributed by atoms with Crippen molar-refractivity contribution in [1.29, 1.82) is 5.41 Å². The molecule has 0 spiro atoms. The standard InChI is InChI=1S/C20H22N6O2/c1-13-12-28-9-8-26(13)19-10-15(4-5-17(27)14-2-3-14)16(11-21)20(24-19)23-18-6-7-22-25-18/h6-7,10-11,13-14,21H,2-3,8-9,12H2,1H3,(H2,22,23,24,25)/t13-/m1/s1. The summed E-state index contributed by atoms with van der Waals surface area (Å²) in [5, 5.41) is 17.8. The molecule has 2 aromatic heterocycles. The highest BCUT2D eigenvalue weighted by molar-refractivity contribution is 6.00. The number of aromatic nitrogens is 3. The number of carbonyl (C=O) groups excluding carboxylic acids is 1. The van der Waals surface area contributed by atoms with Crippen LogP contribution in [0.4, 0.5) is 17.5 Å². The molecule has 1 saturated heterocycles. The van der Waals surface area contributed by atoms with Crippen molar-refractivity contribution in [3.8, 4) is 11.8 Å². The number of nitrogens with zero attached hydrogens (tertiary/aromatic N) is 3. The van der Waals surface area contributed by atoms with Gasteiger partial charge in [-0.1, -0.05) is 5.92 Å². The number of morpholine rings is 1. The summed E-state index contributed by atoms with van der Waals surface area (Å²) in [5.74, 6) is 7.69. The summed E-state index contributed by atoms with van der Waals surface area (Å²) >= 11 is 0. The zero-order valence-corrected chi connectivity index (χ0v) is 15.7. The molecule has 0 radical (unpaired) electrons. The third-order valence-corrected chi connectivity index (χ3v) is 4.87. The summed E-state index contributed by atoms with van der Waals surface area (Å²) < 4.78 is 5.53. The maximum atomic E-state index is 12.1. The lowest BCUT2D eigenvalue weighted by Crippen LogP contribution is -2.44. The van der Waals surface area contributed by atoms with Gasteiger partial charge in [-0.25, -0.2) is 4.98 Å². The summed E-state index contributed by atoms with van der Waals surface area (Å²) in [4.78, 5) is 18.9. The molecule has 1 aliphatic heterocycles. The number of Topliss-reactive ketones (excluding diaryl/α,β-unsaturated/α-hetero) is 1. The number of ketones is 1. The first-order chi connectivity index (χ1) is 13.7. The Balaban J connectivity index is 1.76. The van der Waals surface area contributed by atoms with E-state index < -0.39 is 0 Å². The smallest absolute Gasteiger partial charge is 0.208 e. The Morgan fingerprint density at radius 2 is 2.36 bits per heavy atom. The van der Waals surface area contributed by atoms with Crippen LogP contribution in [-0.2, 0) is 9.53 Å². The number of ether oxygens (including phenoxy) is 1. The molecular formula is C20H22N6O2. The number of anilines is 3. The van der Waals surface area contributed by atoms with Crippen LogP contribution in [0.2, 0.25) is 0 Å². The minimum absolute atomic E-state index is 0.0305. The molecule has 1 saturated carbocycles. The van der Waals surface area contributed by atoms with Crippen LogP contribution in [0.3, 0.4) is 0 Å². The Kier molecular flexibility index (Phi) is 5.08. The molecule has 8 nitrogen and oxygen atoms in total. The van der Waals surface area contributed by atoms with Crippen LogP contribution in [0.15, 0.2) is 18.3 Å². The van der Waals surface area contributed by atoms with Crippen LogP contribution in [0.25, 0.3) is 0 Å². The van der Waals surface area contributed by atoms with Crippen LogP contribution in [0, 0.1) is 23.2 Å². The van der Waals surface area contributed by atoms with Gasteiger partial charge in [-0.15, -0.1) is 0 Å². The van der Waals surface area contributed by atoms with Crippen molar-refractivity contribution in [2.75, 3.05) is 30.0 Å². The van der Waals surface area contributed by atoms with E-state index in [-0.39, 0.29) is 17.7 Å². The number of nitrogens with one attached hydrogen (secondary N) is 3. The molecule has 1 aliphatic carbocycles. The Morgan fingerprint density at radius 1 is 1.50 bits per heavy atom. The number of H-pyrrole nitrogens is 1. The maximum absolute atomic E-state index is 12.1. The topological polar surface area (TPSA) is 107 Å². The molecule has 2 fully saturated rings. The second-order valence-electron chi connectivity index (χ2n) is 7.04. The number of aromatic amines is 1. The van der Waals surface area contributed by atoms with Gasteiger partial charge >= 0.3 is 0 Å². The van der Waals surface area contributed by atoms with E-state index in [2.05, 4.69) is 39.2 Å². The molecule has 0 amide bonds. The zero-order chi connectivity index (χ0) is 19.5. The van der Waals surface area contributed by atoms with Crippen LogP contribution in [0.1, 0.15) is 30.9 Å². The van der Waals surface area contributed by atoms with E-state index in [9.17, 15) is 4.79 Å². The quantitative estimate of drug-likeness (QED) is 0.543. The normalized spacial score (nSPS) is 18.9. The SMILES string of the molecule is C[C@@H]1COCCN1c1cc(C#CC(=O)C2CC2)c(C=N)c(Nc2ccn[nH]2)n1. The zero-order valence-electron chi connectivity index (χ0n) is 15.7.